The molecule has 0 amide bonds. The number of hydrogen-bond donors (Lipinski definition) is 1. The highest BCUT2D eigenvalue weighted by atomic mass is 19.1. The van der Waals surface area contributed by atoms with Crippen LogP contribution in [0.5, 0.6) is 17.6 Å². The lowest BCUT2D eigenvalue weighted by molar-refractivity contribution is 0.320. The number of hydrogen-bond acceptors (Lipinski definition) is 7. The number of aromatic nitrogens is 4. The lowest BCUT2D eigenvalue weighted by Gasteiger charge is -2.06. The molecular weight excluding hydrogens is 355 g/mol. The molecule has 9 heteroatoms. The molecule has 0 spiro atoms. The van der Waals surface area contributed by atoms with Gasteiger partial charge in [-0.05, 0) is 31.2 Å². The summed E-state index contributed by atoms with van der Waals surface area (Å²) in [6, 6.07) is 8.90. The predicted octanol–water partition coefficient (Wildman–Crippen LogP) is 3.30. The van der Waals surface area contributed by atoms with E-state index in [1.807, 2.05) is 0 Å². The number of rotatable bonds is 5. The second-order valence-corrected chi connectivity index (χ2v) is 5.36. The highest BCUT2D eigenvalue weighted by Gasteiger charge is 2.20. The van der Waals surface area contributed by atoms with E-state index in [1.165, 1.54) is 24.4 Å². The van der Waals surface area contributed by atoms with Crippen molar-refractivity contribution in [2.45, 2.75) is 6.92 Å². The molecule has 0 radical (unpaired) electrons. The molecule has 0 aliphatic carbocycles. The van der Waals surface area contributed by atoms with Crippen LogP contribution in [0.2, 0.25) is 0 Å². The molecule has 4 aromatic rings. The minimum atomic E-state index is -0.562. The van der Waals surface area contributed by atoms with Crippen LogP contribution in [0.4, 0.5) is 4.39 Å². The number of halogens is 1. The van der Waals surface area contributed by atoms with Gasteiger partial charge in [-0.2, -0.15) is 9.97 Å². The highest BCUT2D eigenvalue weighted by molar-refractivity contribution is 5.77. The molecular formula is C18H13FN4O4. The second kappa shape index (κ2) is 6.87. The maximum Gasteiger partial charge on any atom is 0.328 e. The van der Waals surface area contributed by atoms with E-state index in [0.717, 1.165) is 0 Å². The fourth-order valence-corrected chi connectivity index (χ4v) is 2.39. The van der Waals surface area contributed by atoms with E-state index in [2.05, 4.69) is 19.9 Å². The van der Waals surface area contributed by atoms with Crippen molar-refractivity contribution in [2.75, 3.05) is 6.61 Å². The summed E-state index contributed by atoms with van der Waals surface area (Å²) in [4.78, 5) is 27.0. The molecule has 0 saturated carbocycles. The van der Waals surface area contributed by atoms with Crippen molar-refractivity contribution >= 4 is 11.2 Å². The van der Waals surface area contributed by atoms with Crippen molar-refractivity contribution < 1.29 is 18.3 Å². The van der Waals surface area contributed by atoms with Crippen molar-refractivity contribution in [1.29, 1.82) is 0 Å². The van der Waals surface area contributed by atoms with Crippen LogP contribution >= 0.6 is 0 Å². The van der Waals surface area contributed by atoms with Crippen LogP contribution in [0.15, 0.2) is 51.8 Å². The predicted molar refractivity (Wildman–Crippen MR) is 93.3 cm³/mol. The maximum atomic E-state index is 13.8. The molecule has 3 aromatic heterocycles. The molecule has 0 aliphatic rings. The zero-order valence-electron chi connectivity index (χ0n) is 14.1. The summed E-state index contributed by atoms with van der Waals surface area (Å²) in [5.74, 6) is -0.437. The van der Waals surface area contributed by atoms with Gasteiger partial charge >= 0.3 is 6.01 Å². The lowest BCUT2D eigenvalue weighted by Crippen LogP contribution is -2.06. The Kier molecular flexibility index (Phi) is 4.25. The van der Waals surface area contributed by atoms with Gasteiger partial charge in [0.2, 0.25) is 5.89 Å². The van der Waals surface area contributed by atoms with Gasteiger partial charge in [-0.15, -0.1) is 0 Å². The largest absolute Gasteiger partial charge is 0.476 e. The quantitative estimate of drug-likeness (QED) is 0.576. The molecule has 0 unspecified atom stereocenters. The number of ether oxygens (including phenoxy) is 2. The summed E-state index contributed by atoms with van der Waals surface area (Å²) in [6.45, 7) is 2.08. The van der Waals surface area contributed by atoms with E-state index < -0.39 is 5.82 Å². The van der Waals surface area contributed by atoms with Gasteiger partial charge in [-0.25, -0.2) is 9.37 Å². The first kappa shape index (κ1) is 16.7. The molecule has 0 aliphatic heterocycles. The van der Waals surface area contributed by atoms with Crippen LogP contribution in [-0.2, 0) is 0 Å². The van der Waals surface area contributed by atoms with Gasteiger partial charge in [-0.1, -0.05) is 12.1 Å². The SMILES string of the molecule is CCOc1nc(Oc2ccccc2F)nc2oc(-c3ccc[nH]c3=O)nc12. The number of nitrogens with zero attached hydrogens (tertiary/aromatic N) is 3. The third-order valence-electron chi connectivity index (χ3n) is 3.57. The van der Waals surface area contributed by atoms with Crippen molar-refractivity contribution in [3.05, 3.63) is 58.8 Å². The zero-order chi connectivity index (χ0) is 18.8. The van der Waals surface area contributed by atoms with Crippen LogP contribution in [0.25, 0.3) is 22.7 Å². The molecule has 136 valence electrons. The minimum absolute atomic E-state index is 0.0430. The van der Waals surface area contributed by atoms with Gasteiger partial charge in [-0.3, -0.25) is 4.79 Å². The summed E-state index contributed by atoms with van der Waals surface area (Å²) in [5.41, 5.74) is 0.154. The van der Waals surface area contributed by atoms with Crippen LogP contribution in [0, 0.1) is 5.82 Å². The van der Waals surface area contributed by atoms with E-state index in [-0.39, 0.29) is 45.9 Å². The Labute approximate surface area is 151 Å². The fourth-order valence-electron chi connectivity index (χ4n) is 2.39. The molecule has 3 heterocycles. The number of oxazole rings is 1. The molecule has 0 saturated heterocycles. The number of pyridine rings is 1. The summed E-state index contributed by atoms with van der Waals surface area (Å²) >= 11 is 0. The molecule has 0 fully saturated rings. The lowest BCUT2D eigenvalue weighted by atomic mass is 10.3. The summed E-state index contributed by atoms with van der Waals surface area (Å²) in [6.07, 6.45) is 1.50. The Morgan fingerprint density at radius 2 is 2.00 bits per heavy atom. The Bertz CT molecular complexity index is 1170. The smallest absolute Gasteiger partial charge is 0.328 e. The van der Waals surface area contributed by atoms with Gasteiger partial charge in [0.05, 0.1) is 6.61 Å². The van der Waals surface area contributed by atoms with E-state index in [1.54, 1.807) is 25.1 Å². The van der Waals surface area contributed by atoms with Crippen molar-refractivity contribution in [2.24, 2.45) is 0 Å². The molecule has 27 heavy (non-hydrogen) atoms. The Morgan fingerprint density at radius 3 is 2.78 bits per heavy atom. The number of aromatic amines is 1. The number of nitrogens with one attached hydrogen (secondary N) is 1. The molecule has 0 atom stereocenters. The van der Waals surface area contributed by atoms with Crippen molar-refractivity contribution in [1.82, 2.24) is 19.9 Å². The van der Waals surface area contributed by atoms with Crippen LogP contribution in [0.3, 0.4) is 0 Å². The average Bonchev–Trinajstić information content (AvgIpc) is 3.08. The maximum absolute atomic E-state index is 13.8. The number of H-pyrrole nitrogens is 1. The standard InChI is InChI=1S/C18H13FN4O4/c1-2-25-16-13-17(27-15(21-13)10-6-5-9-20-14(10)24)23-18(22-16)26-12-8-4-3-7-11(12)19/h3-9H,2H2,1H3,(H,20,24). The summed E-state index contributed by atoms with van der Waals surface area (Å²) in [7, 11) is 0. The molecule has 0 bridgehead atoms. The Hall–Kier alpha value is -3.75. The molecule has 1 N–H and O–H groups in total. The minimum Gasteiger partial charge on any atom is -0.476 e. The van der Waals surface area contributed by atoms with Crippen molar-refractivity contribution in [3.63, 3.8) is 0 Å². The first-order valence-corrected chi connectivity index (χ1v) is 8.07. The monoisotopic (exact) mass is 368 g/mol. The van der Waals surface area contributed by atoms with Crippen LogP contribution in [-0.4, -0.2) is 26.5 Å². The topological polar surface area (TPSA) is 103 Å². The van der Waals surface area contributed by atoms with E-state index in [4.69, 9.17) is 13.9 Å². The van der Waals surface area contributed by atoms with Crippen LogP contribution in [0.1, 0.15) is 6.92 Å². The molecule has 1 aromatic carbocycles. The first-order valence-electron chi connectivity index (χ1n) is 8.07. The van der Waals surface area contributed by atoms with E-state index >= 15 is 0 Å². The molecule has 4 rings (SSSR count). The number of para-hydroxylation sites is 1. The third kappa shape index (κ3) is 3.22. The van der Waals surface area contributed by atoms with E-state index in [0.29, 0.717) is 6.61 Å². The third-order valence-corrected chi connectivity index (χ3v) is 3.57. The van der Waals surface area contributed by atoms with Gasteiger partial charge in [0, 0.05) is 6.20 Å². The zero-order valence-corrected chi connectivity index (χ0v) is 14.1. The van der Waals surface area contributed by atoms with Gasteiger partial charge in [0.15, 0.2) is 17.1 Å². The second-order valence-electron chi connectivity index (χ2n) is 5.36. The first-order chi connectivity index (χ1) is 13.2. The fraction of sp³-hybridized carbons (Fsp3) is 0.111. The Morgan fingerprint density at radius 1 is 1.15 bits per heavy atom. The van der Waals surface area contributed by atoms with Gasteiger partial charge < -0.3 is 18.9 Å². The number of benzene rings is 1. The summed E-state index contributed by atoms with van der Waals surface area (Å²) in [5, 5.41) is 0. The van der Waals surface area contributed by atoms with E-state index in [9.17, 15) is 9.18 Å². The van der Waals surface area contributed by atoms with Crippen LogP contribution < -0.4 is 15.0 Å². The number of fused-ring (bicyclic) bond motifs is 1. The normalized spacial score (nSPS) is 10.9. The molecule has 8 nitrogen and oxygen atoms in total. The van der Waals surface area contributed by atoms with Gasteiger partial charge in [0.25, 0.3) is 17.2 Å². The van der Waals surface area contributed by atoms with Gasteiger partial charge in [0.1, 0.15) is 5.56 Å². The van der Waals surface area contributed by atoms with Crippen molar-refractivity contribution in [3.8, 4) is 29.1 Å². The Balaban J connectivity index is 1.82. The highest BCUT2D eigenvalue weighted by Crippen LogP contribution is 2.30. The average molecular weight is 368 g/mol. The summed E-state index contributed by atoms with van der Waals surface area (Å²) < 4.78 is 30.3.